The number of hydrogen-bond donors (Lipinski definition) is 3. The Kier molecular flexibility index (Phi) is 4.08. The van der Waals surface area contributed by atoms with Crippen molar-refractivity contribution < 1.29 is 9.90 Å². The molecule has 3 rings (SSSR count). The van der Waals surface area contributed by atoms with E-state index in [-0.39, 0.29) is 15.9 Å². The summed E-state index contributed by atoms with van der Waals surface area (Å²) in [5.41, 5.74) is 0.378. The van der Waals surface area contributed by atoms with Crippen molar-refractivity contribution >= 4 is 47.2 Å². The molecule has 1 aliphatic heterocycles. The first-order valence-corrected chi connectivity index (χ1v) is 7.58. The van der Waals surface area contributed by atoms with Crippen LogP contribution in [-0.2, 0) is 4.79 Å². The molecule has 24 heavy (non-hydrogen) atoms. The van der Waals surface area contributed by atoms with Crippen molar-refractivity contribution in [1.29, 1.82) is 0 Å². The minimum Gasteiger partial charge on any atom is -0.494 e. The van der Waals surface area contributed by atoms with Crippen molar-refractivity contribution in [3.05, 3.63) is 55.5 Å². The summed E-state index contributed by atoms with van der Waals surface area (Å²) in [6, 6.07) is 6.67. The summed E-state index contributed by atoms with van der Waals surface area (Å²) in [7, 11) is 0. The number of hydrazone groups is 1. The second-order valence-corrected chi connectivity index (χ2v) is 5.86. The fraction of sp³-hybridized carbons (Fsp3) is 0.0667. The third-order valence-corrected chi connectivity index (χ3v) is 3.80. The van der Waals surface area contributed by atoms with Crippen LogP contribution >= 0.6 is 23.8 Å². The van der Waals surface area contributed by atoms with E-state index < -0.39 is 17.3 Å². The molecule has 2 heterocycles. The number of amides is 1. The van der Waals surface area contributed by atoms with Gasteiger partial charge in [-0.2, -0.15) is 10.1 Å². The second kappa shape index (κ2) is 6.06. The second-order valence-electron chi connectivity index (χ2n) is 5.01. The van der Waals surface area contributed by atoms with E-state index in [4.69, 9.17) is 23.8 Å². The van der Waals surface area contributed by atoms with Crippen LogP contribution in [0.5, 0.6) is 5.88 Å². The zero-order valence-electron chi connectivity index (χ0n) is 12.3. The molecule has 0 fully saturated rings. The molecule has 1 aromatic carbocycles. The molecule has 9 heteroatoms. The number of H-pyrrole nitrogens is 2. The van der Waals surface area contributed by atoms with Crippen molar-refractivity contribution in [2.45, 2.75) is 6.92 Å². The van der Waals surface area contributed by atoms with Gasteiger partial charge in [0.15, 0.2) is 4.77 Å². The maximum Gasteiger partial charge on any atom is 0.280 e. The number of benzene rings is 1. The molecule has 122 valence electrons. The largest absolute Gasteiger partial charge is 0.494 e. The van der Waals surface area contributed by atoms with Gasteiger partial charge in [-0.15, -0.1) is 0 Å². The summed E-state index contributed by atoms with van der Waals surface area (Å²) < 4.78 is -0.0108. The maximum atomic E-state index is 12.6. The van der Waals surface area contributed by atoms with Crippen LogP contribution in [0.4, 0.5) is 5.69 Å². The molecule has 1 amide bonds. The fourth-order valence-electron chi connectivity index (χ4n) is 2.23. The number of nitrogens with one attached hydrogen (secondary N) is 2. The van der Waals surface area contributed by atoms with Gasteiger partial charge in [0, 0.05) is 5.02 Å². The van der Waals surface area contributed by atoms with Gasteiger partial charge in [-0.1, -0.05) is 17.7 Å². The standard InChI is InChI=1S/C15H11ClN4O3S/c1-7-10(6-11-12(21)17-15(24)18-13(11)22)14(23)20(19-7)9-4-2-3-8(16)5-9/h2-6H,1H3,(H3,17,18,21,22,24)/b10-6-. The van der Waals surface area contributed by atoms with Crippen molar-refractivity contribution in [2.75, 3.05) is 5.01 Å². The van der Waals surface area contributed by atoms with E-state index in [9.17, 15) is 14.7 Å². The lowest BCUT2D eigenvalue weighted by molar-refractivity contribution is -0.114. The van der Waals surface area contributed by atoms with Crippen LogP contribution in [-0.4, -0.2) is 26.7 Å². The maximum absolute atomic E-state index is 12.6. The van der Waals surface area contributed by atoms with Crippen LogP contribution in [0, 0.1) is 4.77 Å². The van der Waals surface area contributed by atoms with E-state index in [1.165, 1.54) is 11.1 Å². The minimum atomic E-state index is -0.606. The Labute approximate surface area is 145 Å². The number of nitrogens with zero attached hydrogens (tertiary/aromatic N) is 2. The van der Waals surface area contributed by atoms with Gasteiger partial charge in [0.25, 0.3) is 11.5 Å². The third-order valence-electron chi connectivity index (χ3n) is 3.36. The van der Waals surface area contributed by atoms with Crippen LogP contribution in [0.25, 0.3) is 6.08 Å². The van der Waals surface area contributed by atoms with Gasteiger partial charge in [-0.25, -0.2) is 0 Å². The van der Waals surface area contributed by atoms with Crippen molar-refractivity contribution in [3.8, 4) is 5.88 Å². The average molecular weight is 363 g/mol. The van der Waals surface area contributed by atoms with Crippen LogP contribution in [0.2, 0.25) is 5.02 Å². The average Bonchev–Trinajstić information content (AvgIpc) is 2.78. The summed E-state index contributed by atoms with van der Waals surface area (Å²) >= 11 is 10.7. The lowest BCUT2D eigenvalue weighted by Gasteiger charge is -2.11. The first kappa shape index (κ1) is 16.2. The van der Waals surface area contributed by atoms with Gasteiger partial charge in [-0.3, -0.25) is 14.6 Å². The highest BCUT2D eigenvalue weighted by molar-refractivity contribution is 7.71. The molecule has 2 aromatic rings. The number of hydrogen-bond acceptors (Lipinski definition) is 5. The Morgan fingerprint density at radius 2 is 2.08 bits per heavy atom. The van der Waals surface area contributed by atoms with Gasteiger partial charge in [-0.05, 0) is 43.4 Å². The number of halogens is 1. The number of rotatable bonds is 2. The summed E-state index contributed by atoms with van der Waals surface area (Å²) in [5, 5.41) is 15.7. The molecule has 0 unspecified atom stereocenters. The molecule has 0 aliphatic carbocycles. The number of aromatic amines is 2. The normalized spacial score (nSPS) is 15.9. The predicted octanol–water partition coefficient (Wildman–Crippen LogP) is 2.60. The van der Waals surface area contributed by atoms with Gasteiger partial charge in [0.1, 0.15) is 5.56 Å². The zero-order chi connectivity index (χ0) is 17.4. The molecule has 0 atom stereocenters. The van der Waals surface area contributed by atoms with E-state index in [1.807, 2.05) is 0 Å². The molecular formula is C15H11ClN4O3S. The summed E-state index contributed by atoms with van der Waals surface area (Å²) in [6.07, 6.45) is 1.27. The molecule has 0 bridgehead atoms. The summed E-state index contributed by atoms with van der Waals surface area (Å²) in [5.74, 6) is -0.853. The molecule has 7 nitrogen and oxygen atoms in total. The molecular weight excluding hydrogens is 352 g/mol. The van der Waals surface area contributed by atoms with Crippen LogP contribution in [0.1, 0.15) is 12.5 Å². The summed E-state index contributed by atoms with van der Waals surface area (Å²) in [6.45, 7) is 1.63. The van der Waals surface area contributed by atoms with Crippen molar-refractivity contribution in [3.63, 3.8) is 0 Å². The minimum absolute atomic E-state index is 0.0108. The van der Waals surface area contributed by atoms with Crippen molar-refractivity contribution in [2.24, 2.45) is 5.10 Å². The molecule has 0 saturated carbocycles. The van der Waals surface area contributed by atoms with Crippen LogP contribution < -0.4 is 10.6 Å². The van der Waals surface area contributed by atoms with Gasteiger partial charge in [0.05, 0.1) is 17.0 Å². The highest BCUT2D eigenvalue weighted by Crippen LogP contribution is 2.27. The van der Waals surface area contributed by atoms with E-state index in [2.05, 4.69) is 15.1 Å². The lowest BCUT2D eigenvalue weighted by Crippen LogP contribution is -2.21. The quantitative estimate of drug-likeness (QED) is 0.564. The van der Waals surface area contributed by atoms with Crippen LogP contribution in [0.15, 0.2) is 39.7 Å². The van der Waals surface area contributed by atoms with E-state index in [0.29, 0.717) is 16.4 Å². The predicted molar refractivity (Wildman–Crippen MR) is 93.9 cm³/mol. The number of aromatic nitrogens is 2. The number of carbonyl (C=O) groups is 1. The fourth-order valence-corrected chi connectivity index (χ4v) is 2.60. The number of carbonyl (C=O) groups excluding carboxylic acids is 1. The van der Waals surface area contributed by atoms with E-state index >= 15 is 0 Å². The molecule has 1 aliphatic rings. The van der Waals surface area contributed by atoms with E-state index in [0.717, 1.165) is 0 Å². The monoisotopic (exact) mass is 362 g/mol. The van der Waals surface area contributed by atoms with E-state index in [1.54, 1.807) is 31.2 Å². The Balaban J connectivity index is 2.06. The first-order valence-electron chi connectivity index (χ1n) is 6.79. The molecule has 0 radical (unpaired) electrons. The Morgan fingerprint density at radius 1 is 1.33 bits per heavy atom. The summed E-state index contributed by atoms with van der Waals surface area (Å²) in [4.78, 5) is 29.3. The van der Waals surface area contributed by atoms with Gasteiger partial charge < -0.3 is 10.1 Å². The molecule has 3 N–H and O–H groups in total. The SMILES string of the molecule is CC1=NN(c2cccc(Cl)c2)C(=O)/C1=C\c1c(O)[nH]c(=S)[nH]c1=O. The smallest absolute Gasteiger partial charge is 0.280 e. The Bertz CT molecular complexity index is 1020. The number of anilines is 1. The van der Waals surface area contributed by atoms with Gasteiger partial charge >= 0.3 is 0 Å². The molecule has 1 aromatic heterocycles. The molecule has 0 spiro atoms. The lowest BCUT2D eigenvalue weighted by atomic mass is 10.1. The topological polar surface area (TPSA) is 102 Å². The molecule has 0 saturated heterocycles. The van der Waals surface area contributed by atoms with Crippen molar-refractivity contribution in [1.82, 2.24) is 9.97 Å². The van der Waals surface area contributed by atoms with Gasteiger partial charge in [0.2, 0.25) is 5.88 Å². The van der Waals surface area contributed by atoms with Crippen LogP contribution in [0.3, 0.4) is 0 Å². The first-order chi connectivity index (χ1) is 11.4. The Hall–Kier alpha value is -2.71. The Morgan fingerprint density at radius 3 is 2.75 bits per heavy atom. The zero-order valence-corrected chi connectivity index (χ0v) is 13.9. The third kappa shape index (κ3) is 2.89. The highest BCUT2D eigenvalue weighted by atomic mass is 35.5. The highest BCUT2D eigenvalue weighted by Gasteiger charge is 2.29. The number of aromatic hydroxyl groups is 1.